The number of allylic oxidation sites excluding steroid dienone is 1. The smallest absolute Gasteiger partial charge is 0.383 e. The summed E-state index contributed by atoms with van der Waals surface area (Å²) in [5.41, 5.74) is -1.51. The molecule has 0 aliphatic rings. The molecule has 6 heteroatoms. The Morgan fingerprint density at radius 1 is 1.28 bits per heavy atom. The van der Waals surface area contributed by atoms with Gasteiger partial charge in [-0.1, -0.05) is 0 Å². The van der Waals surface area contributed by atoms with Gasteiger partial charge in [-0.25, -0.2) is 4.39 Å². The second kappa shape index (κ2) is 5.20. The van der Waals surface area contributed by atoms with E-state index in [1.165, 1.54) is 6.20 Å². The van der Waals surface area contributed by atoms with Crippen molar-refractivity contribution in [2.24, 2.45) is 0 Å². The minimum atomic E-state index is -4.62. The van der Waals surface area contributed by atoms with Crippen molar-refractivity contribution in [3.05, 3.63) is 47.4 Å². The average Bonchev–Trinajstić information content (AvgIpc) is 2.24. The van der Waals surface area contributed by atoms with Crippen molar-refractivity contribution in [3.63, 3.8) is 0 Å². The summed E-state index contributed by atoms with van der Waals surface area (Å²) in [5, 5.41) is 0. The first-order valence-corrected chi connectivity index (χ1v) is 4.97. The fraction of sp³-hybridized carbons (Fsp3) is 0.250. The molecule has 0 bridgehead atoms. The van der Waals surface area contributed by atoms with E-state index >= 15 is 0 Å². The van der Waals surface area contributed by atoms with Crippen LogP contribution in [0.5, 0.6) is 0 Å². The highest BCUT2D eigenvalue weighted by Gasteiger charge is 2.31. The SMILES string of the molecule is CN(C)/C=C/C(=O)c1ccc(C(F)(F)F)cc1F. The van der Waals surface area contributed by atoms with Gasteiger partial charge in [0.1, 0.15) is 5.82 Å². The molecule has 18 heavy (non-hydrogen) atoms. The number of nitrogens with zero attached hydrogens (tertiary/aromatic N) is 1. The lowest BCUT2D eigenvalue weighted by Crippen LogP contribution is -2.08. The summed E-state index contributed by atoms with van der Waals surface area (Å²) in [7, 11) is 3.32. The molecule has 0 aromatic heterocycles. The van der Waals surface area contributed by atoms with Crippen LogP contribution in [-0.4, -0.2) is 24.8 Å². The van der Waals surface area contributed by atoms with E-state index in [-0.39, 0.29) is 5.56 Å². The van der Waals surface area contributed by atoms with Crippen LogP contribution >= 0.6 is 0 Å². The Morgan fingerprint density at radius 2 is 1.89 bits per heavy atom. The monoisotopic (exact) mass is 261 g/mol. The molecule has 0 spiro atoms. The Labute approximate surface area is 102 Å². The van der Waals surface area contributed by atoms with Crippen molar-refractivity contribution < 1.29 is 22.4 Å². The van der Waals surface area contributed by atoms with Crippen molar-refractivity contribution in [2.45, 2.75) is 6.18 Å². The van der Waals surface area contributed by atoms with Gasteiger partial charge in [-0.2, -0.15) is 13.2 Å². The van der Waals surface area contributed by atoms with Gasteiger partial charge in [0, 0.05) is 26.4 Å². The van der Waals surface area contributed by atoms with E-state index in [9.17, 15) is 22.4 Å². The number of rotatable bonds is 3. The lowest BCUT2D eigenvalue weighted by Gasteiger charge is -2.08. The van der Waals surface area contributed by atoms with E-state index in [0.717, 1.165) is 12.1 Å². The zero-order valence-electron chi connectivity index (χ0n) is 9.75. The highest BCUT2D eigenvalue weighted by atomic mass is 19.4. The van der Waals surface area contributed by atoms with Crippen LogP contribution < -0.4 is 0 Å². The lowest BCUT2D eigenvalue weighted by molar-refractivity contribution is -0.137. The molecular weight excluding hydrogens is 250 g/mol. The molecule has 0 aliphatic carbocycles. The Kier molecular flexibility index (Phi) is 4.11. The van der Waals surface area contributed by atoms with E-state index in [1.54, 1.807) is 19.0 Å². The molecule has 0 saturated carbocycles. The average molecular weight is 261 g/mol. The van der Waals surface area contributed by atoms with E-state index in [2.05, 4.69) is 0 Å². The van der Waals surface area contributed by atoms with Gasteiger partial charge in [-0.15, -0.1) is 0 Å². The Balaban J connectivity index is 3.03. The summed E-state index contributed by atoms with van der Waals surface area (Å²) in [6.45, 7) is 0. The second-order valence-corrected chi connectivity index (χ2v) is 3.84. The summed E-state index contributed by atoms with van der Waals surface area (Å²) in [6, 6.07) is 1.83. The molecule has 0 unspecified atom stereocenters. The van der Waals surface area contributed by atoms with Crippen LogP contribution in [0.3, 0.4) is 0 Å². The Hall–Kier alpha value is -1.85. The molecule has 0 amide bonds. The van der Waals surface area contributed by atoms with E-state index < -0.39 is 23.3 Å². The molecular formula is C12H11F4NO. The van der Waals surface area contributed by atoms with Crippen molar-refractivity contribution in [1.29, 1.82) is 0 Å². The number of carbonyl (C=O) groups excluding carboxylic acids is 1. The van der Waals surface area contributed by atoms with Crippen molar-refractivity contribution >= 4 is 5.78 Å². The number of halogens is 4. The molecule has 0 N–H and O–H groups in total. The molecule has 2 nitrogen and oxygen atoms in total. The lowest BCUT2D eigenvalue weighted by atomic mass is 10.1. The van der Waals surface area contributed by atoms with Crippen LogP contribution in [0.1, 0.15) is 15.9 Å². The van der Waals surface area contributed by atoms with E-state index in [1.807, 2.05) is 0 Å². The summed E-state index contributed by atoms with van der Waals surface area (Å²) in [4.78, 5) is 13.1. The predicted molar refractivity (Wildman–Crippen MR) is 58.6 cm³/mol. The molecule has 1 aromatic carbocycles. The molecule has 1 rings (SSSR count). The summed E-state index contributed by atoms with van der Waals surface area (Å²) < 4.78 is 50.2. The third kappa shape index (κ3) is 3.58. The normalized spacial score (nSPS) is 11.9. The first kappa shape index (κ1) is 14.2. The number of hydrogen-bond donors (Lipinski definition) is 0. The van der Waals surface area contributed by atoms with Crippen LogP contribution in [0, 0.1) is 5.82 Å². The maximum atomic E-state index is 13.4. The molecule has 0 atom stereocenters. The van der Waals surface area contributed by atoms with Crippen LogP contribution in [0.2, 0.25) is 0 Å². The van der Waals surface area contributed by atoms with Gasteiger partial charge < -0.3 is 4.90 Å². The van der Waals surface area contributed by atoms with Gasteiger partial charge in [0.25, 0.3) is 0 Å². The van der Waals surface area contributed by atoms with Crippen LogP contribution in [-0.2, 0) is 6.18 Å². The van der Waals surface area contributed by atoms with Crippen molar-refractivity contribution in [3.8, 4) is 0 Å². The number of benzene rings is 1. The zero-order valence-corrected chi connectivity index (χ0v) is 9.75. The van der Waals surface area contributed by atoms with Crippen LogP contribution in [0.4, 0.5) is 17.6 Å². The van der Waals surface area contributed by atoms with Gasteiger partial charge in [-0.05, 0) is 18.2 Å². The fourth-order valence-electron chi connectivity index (χ4n) is 1.20. The quantitative estimate of drug-likeness (QED) is 0.473. The second-order valence-electron chi connectivity index (χ2n) is 3.84. The topological polar surface area (TPSA) is 20.3 Å². The van der Waals surface area contributed by atoms with E-state index in [4.69, 9.17) is 0 Å². The zero-order chi connectivity index (χ0) is 13.9. The number of hydrogen-bond acceptors (Lipinski definition) is 2. The van der Waals surface area contributed by atoms with Crippen molar-refractivity contribution in [1.82, 2.24) is 4.90 Å². The van der Waals surface area contributed by atoms with E-state index in [0.29, 0.717) is 12.1 Å². The Morgan fingerprint density at radius 3 is 2.33 bits per heavy atom. The molecule has 0 heterocycles. The molecule has 98 valence electrons. The maximum absolute atomic E-state index is 13.4. The molecule has 0 aliphatic heterocycles. The van der Waals surface area contributed by atoms with Crippen molar-refractivity contribution in [2.75, 3.05) is 14.1 Å². The molecule has 0 saturated heterocycles. The fourth-order valence-corrected chi connectivity index (χ4v) is 1.20. The number of carbonyl (C=O) groups is 1. The summed E-state index contributed by atoms with van der Waals surface area (Å²) in [6.07, 6.45) is -2.15. The molecule has 1 aromatic rings. The van der Waals surface area contributed by atoms with Crippen LogP contribution in [0.15, 0.2) is 30.5 Å². The molecule has 0 fully saturated rings. The number of alkyl halides is 3. The maximum Gasteiger partial charge on any atom is 0.416 e. The summed E-state index contributed by atoms with van der Waals surface area (Å²) >= 11 is 0. The third-order valence-corrected chi connectivity index (χ3v) is 2.09. The first-order valence-electron chi connectivity index (χ1n) is 4.97. The minimum Gasteiger partial charge on any atom is -0.383 e. The van der Waals surface area contributed by atoms with Gasteiger partial charge in [-0.3, -0.25) is 4.79 Å². The van der Waals surface area contributed by atoms with Gasteiger partial charge in [0.05, 0.1) is 11.1 Å². The predicted octanol–water partition coefficient (Wildman–Crippen LogP) is 3.10. The standard InChI is InChI=1S/C12H11F4NO/c1-17(2)6-5-11(18)9-4-3-8(7-10(9)13)12(14,15)16/h3-7H,1-2H3/b6-5+. The number of ketones is 1. The Bertz CT molecular complexity index is 477. The largest absolute Gasteiger partial charge is 0.416 e. The van der Waals surface area contributed by atoms with Crippen LogP contribution in [0.25, 0.3) is 0 Å². The minimum absolute atomic E-state index is 0.316. The highest BCUT2D eigenvalue weighted by molar-refractivity contribution is 6.04. The van der Waals surface area contributed by atoms with Gasteiger partial charge >= 0.3 is 6.18 Å². The third-order valence-electron chi connectivity index (χ3n) is 2.09. The highest BCUT2D eigenvalue weighted by Crippen LogP contribution is 2.30. The first-order chi connectivity index (χ1) is 8.21. The van der Waals surface area contributed by atoms with Gasteiger partial charge in [0.2, 0.25) is 0 Å². The molecule has 0 radical (unpaired) electrons. The summed E-state index contributed by atoms with van der Waals surface area (Å²) in [5.74, 6) is -1.87. The van der Waals surface area contributed by atoms with Gasteiger partial charge in [0.15, 0.2) is 5.78 Å².